The Bertz CT molecular complexity index is 854. The van der Waals surface area contributed by atoms with E-state index in [1.54, 1.807) is 18.3 Å². The molecule has 0 aliphatic heterocycles. The van der Waals surface area contributed by atoms with E-state index in [4.69, 9.17) is 0 Å². The van der Waals surface area contributed by atoms with Gasteiger partial charge in [0.25, 0.3) is 0 Å². The number of anilines is 1. The van der Waals surface area contributed by atoms with Gasteiger partial charge in [0.05, 0.1) is 5.75 Å². The maximum atomic E-state index is 11.7. The molecule has 3 rings (SSSR count). The third-order valence-electron chi connectivity index (χ3n) is 3.04. The predicted molar refractivity (Wildman–Crippen MR) is 90.6 cm³/mol. The molecule has 0 amide bonds. The molecule has 0 unspecified atom stereocenters. The topological polar surface area (TPSA) is 72.0 Å². The summed E-state index contributed by atoms with van der Waals surface area (Å²) in [6.45, 7) is 1.84. The molecule has 0 aliphatic carbocycles. The van der Waals surface area contributed by atoms with Crippen LogP contribution < -0.4 is 4.72 Å². The van der Waals surface area contributed by atoms with Crippen molar-refractivity contribution in [1.82, 2.24) is 9.97 Å². The first-order chi connectivity index (χ1) is 10.6. The highest BCUT2D eigenvalue weighted by molar-refractivity contribution is 7.92. The van der Waals surface area contributed by atoms with Crippen molar-refractivity contribution >= 4 is 37.4 Å². The molecule has 0 fully saturated rings. The molecule has 1 aromatic carbocycles. The maximum Gasteiger partial charge on any atom is 0.232 e. The van der Waals surface area contributed by atoms with Gasteiger partial charge in [-0.2, -0.15) is 0 Å². The van der Waals surface area contributed by atoms with Crippen molar-refractivity contribution in [2.75, 3.05) is 10.5 Å². The number of hydrogen-bond donors (Lipinski definition) is 1. The van der Waals surface area contributed by atoms with E-state index in [1.807, 2.05) is 31.2 Å². The number of sulfonamides is 1. The van der Waals surface area contributed by atoms with Crippen molar-refractivity contribution < 1.29 is 8.42 Å². The Morgan fingerprint density at radius 3 is 2.64 bits per heavy atom. The number of fused-ring (bicyclic) bond motifs is 1. The molecule has 0 spiro atoms. The Kier molecular flexibility index (Phi) is 4.08. The molecule has 0 atom stereocenters. The third-order valence-corrected chi connectivity index (χ3v) is 5.57. The minimum atomic E-state index is -3.26. The minimum Gasteiger partial charge on any atom is -0.284 e. The molecule has 7 heteroatoms. The predicted octanol–water partition coefficient (Wildman–Crippen LogP) is 3.51. The van der Waals surface area contributed by atoms with E-state index in [0.29, 0.717) is 12.1 Å². The van der Waals surface area contributed by atoms with Crippen LogP contribution in [0.5, 0.6) is 0 Å². The standard InChI is InChI=1S/C15H15N3O2S2/c1-2-10-22(19,20)18-12-7-5-11(6-8-12)14-17-13-4-3-9-16-15(13)21-14/h3-9,18H,2,10H2,1H3. The first kappa shape index (κ1) is 14.9. The lowest BCUT2D eigenvalue weighted by molar-refractivity contribution is 0.600. The van der Waals surface area contributed by atoms with Crippen molar-refractivity contribution in [3.63, 3.8) is 0 Å². The van der Waals surface area contributed by atoms with Gasteiger partial charge in [-0.05, 0) is 42.8 Å². The quantitative estimate of drug-likeness (QED) is 0.775. The Balaban J connectivity index is 1.85. The highest BCUT2D eigenvalue weighted by Gasteiger charge is 2.10. The summed E-state index contributed by atoms with van der Waals surface area (Å²) in [6.07, 6.45) is 2.34. The zero-order chi connectivity index (χ0) is 15.6. The fraction of sp³-hybridized carbons (Fsp3) is 0.200. The van der Waals surface area contributed by atoms with Crippen molar-refractivity contribution in [3.8, 4) is 10.6 Å². The average molecular weight is 333 g/mol. The number of rotatable bonds is 5. The summed E-state index contributed by atoms with van der Waals surface area (Å²) in [6, 6.07) is 11.0. The molecule has 0 saturated heterocycles. The van der Waals surface area contributed by atoms with E-state index in [0.717, 1.165) is 20.9 Å². The number of benzene rings is 1. The van der Waals surface area contributed by atoms with Gasteiger partial charge >= 0.3 is 0 Å². The summed E-state index contributed by atoms with van der Waals surface area (Å²) >= 11 is 1.52. The zero-order valence-electron chi connectivity index (χ0n) is 12.0. The van der Waals surface area contributed by atoms with Gasteiger partial charge in [0.1, 0.15) is 15.4 Å². The van der Waals surface area contributed by atoms with Crippen LogP contribution >= 0.6 is 11.3 Å². The maximum absolute atomic E-state index is 11.7. The third kappa shape index (κ3) is 3.26. The highest BCUT2D eigenvalue weighted by Crippen LogP contribution is 2.29. The second kappa shape index (κ2) is 6.02. The van der Waals surface area contributed by atoms with Crippen molar-refractivity contribution in [1.29, 1.82) is 0 Å². The molecule has 0 radical (unpaired) electrons. The van der Waals surface area contributed by atoms with Gasteiger partial charge in [-0.3, -0.25) is 4.72 Å². The molecule has 3 aromatic rings. The van der Waals surface area contributed by atoms with Crippen LogP contribution in [-0.4, -0.2) is 24.1 Å². The number of nitrogens with one attached hydrogen (secondary N) is 1. The SMILES string of the molecule is CCCS(=O)(=O)Nc1ccc(-c2nc3cccnc3s2)cc1. The summed E-state index contributed by atoms with van der Waals surface area (Å²) < 4.78 is 26.1. The number of nitrogens with zero attached hydrogens (tertiary/aromatic N) is 2. The van der Waals surface area contributed by atoms with Crippen LogP contribution in [0.25, 0.3) is 20.9 Å². The van der Waals surface area contributed by atoms with Crippen LogP contribution in [-0.2, 0) is 10.0 Å². The van der Waals surface area contributed by atoms with Crippen LogP contribution in [0.3, 0.4) is 0 Å². The minimum absolute atomic E-state index is 0.123. The zero-order valence-corrected chi connectivity index (χ0v) is 13.6. The Labute approximate surface area is 133 Å². The van der Waals surface area contributed by atoms with Crippen molar-refractivity contribution in [2.24, 2.45) is 0 Å². The van der Waals surface area contributed by atoms with Gasteiger partial charge in [0.2, 0.25) is 10.0 Å². The average Bonchev–Trinajstić information content (AvgIpc) is 2.91. The largest absolute Gasteiger partial charge is 0.284 e. The van der Waals surface area contributed by atoms with E-state index >= 15 is 0 Å². The van der Waals surface area contributed by atoms with Gasteiger partial charge in [0, 0.05) is 17.4 Å². The summed E-state index contributed by atoms with van der Waals surface area (Å²) in [7, 11) is -3.26. The molecule has 0 bridgehead atoms. The summed E-state index contributed by atoms with van der Waals surface area (Å²) in [4.78, 5) is 9.71. The van der Waals surface area contributed by atoms with Gasteiger partial charge < -0.3 is 0 Å². The fourth-order valence-corrected chi connectivity index (χ4v) is 4.12. The molecular formula is C15H15N3O2S2. The van der Waals surface area contributed by atoms with E-state index in [2.05, 4.69) is 14.7 Å². The summed E-state index contributed by atoms with van der Waals surface area (Å²) in [5.74, 6) is 0.123. The fourth-order valence-electron chi connectivity index (χ4n) is 2.07. The smallest absolute Gasteiger partial charge is 0.232 e. The molecular weight excluding hydrogens is 318 g/mol. The van der Waals surface area contributed by atoms with E-state index in [9.17, 15) is 8.42 Å². The molecule has 0 aliphatic rings. The van der Waals surface area contributed by atoms with Crippen molar-refractivity contribution in [2.45, 2.75) is 13.3 Å². The second-order valence-electron chi connectivity index (χ2n) is 4.84. The molecule has 22 heavy (non-hydrogen) atoms. The van der Waals surface area contributed by atoms with E-state index < -0.39 is 10.0 Å². The van der Waals surface area contributed by atoms with E-state index in [-0.39, 0.29) is 5.75 Å². The van der Waals surface area contributed by atoms with Gasteiger partial charge in [0.15, 0.2) is 0 Å². The monoisotopic (exact) mass is 333 g/mol. The van der Waals surface area contributed by atoms with Crippen LogP contribution in [0.4, 0.5) is 5.69 Å². The van der Waals surface area contributed by atoms with E-state index in [1.165, 1.54) is 11.3 Å². The second-order valence-corrected chi connectivity index (χ2v) is 7.66. The molecule has 2 heterocycles. The number of thiazole rings is 1. The van der Waals surface area contributed by atoms with Crippen LogP contribution in [0.1, 0.15) is 13.3 Å². The first-order valence-electron chi connectivity index (χ1n) is 6.90. The molecule has 114 valence electrons. The Morgan fingerprint density at radius 2 is 1.95 bits per heavy atom. The van der Waals surface area contributed by atoms with Crippen LogP contribution in [0.2, 0.25) is 0 Å². The van der Waals surface area contributed by atoms with Crippen LogP contribution in [0.15, 0.2) is 42.6 Å². The summed E-state index contributed by atoms with van der Waals surface area (Å²) in [5.41, 5.74) is 2.38. The lowest BCUT2D eigenvalue weighted by Crippen LogP contribution is -2.15. The number of pyridine rings is 1. The summed E-state index contributed by atoms with van der Waals surface area (Å²) in [5, 5.41) is 0.872. The lowest BCUT2D eigenvalue weighted by atomic mass is 10.2. The molecule has 0 saturated carbocycles. The van der Waals surface area contributed by atoms with Crippen LogP contribution in [0, 0.1) is 0 Å². The molecule has 2 aromatic heterocycles. The van der Waals surface area contributed by atoms with Gasteiger partial charge in [-0.1, -0.05) is 18.3 Å². The van der Waals surface area contributed by atoms with Gasteiger partial charge in [-0.15, -0.1) is 0 Å². The normalized spacial score (nSPS) is 11.7. The molecule has 1 N–H and O–H groups in total. The number of aromatic nitrogens is 2. The Hall–Kier alpha value is -1.99. The highest BCUT2D eigenvalue weighted by atomic mass is 32.2. The van der Waals surface area contributed by atoms with Crippen molar-refractivity contribution in [3.05, 3.63) is 42.6 Å². The first-order valence-corrected chi connectivity index (χ1v) is 9.37. The number of hydrogen-bond acceptors (Lipinski definition) is 5. The lowest BCUT2D eigenvalue weighted by Gasteiger charge is -2.07. The Morgan fingerprint density at radius 1 is 1.18 bits per heavy atom. The molecule has 5 nitrogen and oxygen atoms in total. The van der Waals surface area contributed by atoms with Gasteiger partial charge in [-0.25, -0.2) is 18.4 Å².